The fraction of sp³-hybridized carbons (Fsp3) is 0.320. The van der Waals surface area contributed by atoms with Gasteiger partial charge < -0.3 is 20.9 Å². The lowest BCUT2D eigenvalue weighted by molar-refractivity contribution is -0.141. The topological polar surface area (TPSA) is 121 Å². The zero-order valence-electron chi connectivity index (χ0n) is 20.2. The minimum atomic E-state index is -4.82. The number of rotatable bonds is 7. The van der Waals surface area contributed by atoms with E-state index in [0.717, 1.165) is 10.9 Å². The molecular formula is C25H26F3N7O3. The van der Waals surface area contributed by atoms with Crippen LogP contribution in [0.15, 0.2) is 60.9 Å². The lowest BCUT2D eigenvalue weighted by Gasteiger charge is -2.32. The van der Waals surface area contributed by atoms with Gasteiger partial charge in [0.2, 0.25) is 0 Å². The molecule has 13 heteroatoms. The second kappa shape index (κ2) is 11.8. The van der Waals surface area contributed by atoms with Crippen LogP contribution in [0.4, 0.5) is 18.0 Å². The number of piperidine rings is 1. The number of aromatic nitrogens is 3. The van der Waals surface area contributed by atoms with Crippen molar-refractivity contribution in [2.45, 2.75) is 25.1 Å². The molecule has 1 aliphatic rings. The molecule has 0 saturated carbocycles. The zero-order chi connectivity index (χ0) is 27.1. The van der Waals surface area contributed by atoms with Crippen LogP contribution >= 0.6 is 0 Å². The highest BCUT2D eigenvalue weighted by Crippen LogP contribution is 2.31. The molecule has 3 N–H and O–H groups in total. The first-order valence-corrected chi connectivity index (χ1v) is 12.0. The molecule has 200 valence electrons. The number of alkyl halides is 3. The molecule has 2 aromatic heterocycles. The highest BCUT2D eigenvalue weighted by molar-refractivity contribution is 5.95. The van der Waals surface area contributed by atoms with Gasteiger partial charge in [-0.15, -0.1) is 0 Å². The van der Waals surface area contributed by atoms with Gasteiger partial charge in [-0.05, 0) is 37.1 Å². The highest BCUT2D eigenvalue weighted by Gasteiger charge is 2.39. The van der Waals surface area contributed by atoms with Crippen LogP contribution in [-0.2, 0) is 6.18 Å². The number of amides is 4. The molecule has 3 aromatic rings. The second-order valence-corrected chi connectivity index (χ2v) is 8.61. The van der Waals surface area contributed by atoms with Crippen LogP contribution in [-0.4, -0.2) is 69.7 Å². The maximum atomic E-state index is 13.5. The first-order chi connectivity index (χ1) is 18.2. The Kier molecular flexibility index (Phi) is 8.24. The maximum Gasteiger partial charge on any atom is 0.435 e. The van der Waals surface area contributed by atoms with Crippen molar-refractivity contribution in [3.05, 3.63) is 77.9 Å². The molecule has 0 aliphatic carbocycles. The van der Waals surface area contributed by atoms with Crippen molar-refractivity contribution in [1.29, 1.82) is 0 Å². The quantitative estimate of drug-likeness (QED) is 0.407. The summed E-state index contributed by atoms with van der Waals surface area (Å²) in [5, 5.41) is 11.5. The maximum absolute atomic E-state index is 13.5. The number of para-hydroxylation sites is 1. The molecular weight excluding hydrogens is 503 g/mol. The fourth-order valence-electron chi connectivity index (χ4n) is 4.00. The van der Waals surface area contributed by atoms with Crippen LogP contribution < -0.4 is 16.0 Å². The van der Waals surface area contributed by atoms with Gasteiger partial charge in [0.05, 0.1) is 11.3 Å². The van der Waals surface area contributed by atoms with Gasteiger partial charge in [0.1, 0.15) is 5.69 Å². The third kappa shape index (κ3) is 6.66. The molecule has 0 radical (unpaired) electrons. The summed E-state index contributed by atoms with van der Waals surface area (Å²) in [5.74, 6) is -1.22. The van der Waals surface area contributed by atoms with Crippen LogP contribution in [0.25, 0.3) is 5.69 Å². The number of nitrogens with one attached hydrogen (secondary N) is 3. The SMILES string of the molecule is O=C(NC1CCN(C(=O)NCCNC(=O)c2cn(-c3ccccc3)nc2C(F)(F)F)CC1)c1ccccn1. The molecule has 4 amide bonds. The number of hydrogen-bond donors (Lipinski definition) is 3. The van der Waals surface area contributed by atoms with Crippen molar-refractivity contribution in [3.8, 4) is 5.69 Å². The summed E-state index contributed by atoms with van der Waals surface area (Å²) in [6.07, 6.45) is -1.12. The van der Waals surface area contributed by atoms with Crippen LogP contribution in [0, 0.1) is 0 Å². The van der Waals surface area contributed by atoms with Crippen LogP contribution in [0.3, 0.4) is 0 Å². The molecule has 38 heavy (non-hydrogen) atoms. The number of hydrogen-bond acceptors (Lipinski definition) is 5. The Morgan fingerprint density at radius 2 is 1.61 bits per heavy atom. The van der Waals surface area contributed by atoms with E-state index in [1.165, 1.54) is 6.20 Å². The average Bonchev–Trinajstić information content (AvgIpc) is 3.39. The van der Waals surface area contributed by atoms with Gasteiger partial charge in [0.25, 0.3) is 11.8 Å². The number of likely N-dealkylation sites (tertiary alicyclic amines) is 1. The largest absolute Gasteiger partial charge is 0.435 e. The summed E-state index contributed by atoms with van der Waals surface area (Å²) in [7, 11) is 0. The number of nitrogens with zero attached hydrogens (tertiary/aromatic N) is 4. The summed E-state index contributed by atoms with van der Waals surface area (Å²) < 4.78 is 41.4. The molecule has 0 spiro atoms. The predicted octanol–water partition coefficient (Wildman–Crippen LogP) is 2.62. The molecule has 10 nitrogen and oxygen atoms in total. The molecule has 0 unspecified atom stereocenters. The van der Waals surface area contributed by atoms with Gasteiger partial charge in [0.15, 0.2) is 5.69 Å². The van der Waals surface area contributed by atoms with Crippen molar-refractivity contribution in [2.75, 3.05) is 26.2 Å². The Hall–Kier alpha value is -4.42. The number of carbonyl (C=O) groups excluding carboxylic acids is 3. The smallest absolute Gasteiger partial charge is 0.350 e. The zero-order valence-corrected chi connectivity index (χ0v) is 20.2. The van der Waals surface area contributed by atoms with Crippen molar-refractivity contribution < 1.29 is 27.6 Å². The number of pyridine rings is 1. The summed E-state index contributed by atoms with van der Waals surface area (Å²) in [6, 6.07) is 12.8. The van der Waals surface area contributed by atoms with E-state index in [2.05, 4.69) is 26.0 Å². The van der Waals surface area contributed by atoms with Gasteiger partial charge in [0, 0.05) is 44.6 Å². The lowest BCUT2D eigenvalue weighted by Crippen LogP contribution is -2.50. The number of benzene rings is 1. The van der Waals surface area contributed by atoms with E-state index in [9.17, 15) is 27.6 Å². The monoisotopic (exact) mass is 529 g/mol. The van der Waals surface area contributed by atoms with Crippen molar-refractivity contribution in [1.82, 2.24) is 35.6 Å². The number of halogens is 3. The molecule has 1 saturated heterocycles. The molecule has 3 heterocycles. The Balaban J connectivity index is 1.22. The summed E-state index contributed by atoms with van der Waals surface area (Å²) in [6.45, 7) is 0.780. The lowest BCUT2D eigenvalue weighted by atomic mass is 10.1. The molecule has 0 bridgehead atoms. The molecule has 1 aromatic carbocycles. The predicted molar refractivity (Wildman–Crippen MR) is 131 cm³/mol. The Bertz CT molecular complexity index is 1260. The first-order valence-electron chi connectivity index (χ1n) is 12.0. The highest BCUT2D eigenvalue weighted by atomic mass is 19.4. The van der Waals surface area contributed by atoms with E-state index in [1.54, 1.807) is 53.4 Å². The van der Waals surface area contributed by atoms with Crippen molar-refractivity contribution in [3.63, 3.8) is 0 Å². The molecule has 1 fully saturated rings. The van der Waals surface area contributed by atoms with Crippen molar-refractivity contribution in [2.24, 2.45) is 0 Å². The third-order valence-electron chi connectivity index (χ3n) is 5.95. The van der Waals surface area contributed by atoms with Gasteiger partial charge in [-0.2, -0.15) is 18.3 Å². The second-order valence-electron chi connectivity index (χ2n) is 8.61. The molecule has 1 aliphatic heterocycles. The standard InChI is InChI=1S/C25H26F3N7O3/c26-25(27,28)21-19(16-35(33-21)18-6-2-1-3-7-18)22(36)30-12-13-31-24(38)34-14-9-17(10-15-34)32-23(37)20-8-4-5-11-29-20/h1-8,11,16-17H,9-10,12-15H2,(H,30,36)(H,31,38)(H,32,37). The Morgan fingerprint density at radius 3 is 2.26 bits per heavy atom. The number of carbonyl (C=O) groups is 3. The minimum absolute atomic E-state index is 0.0229. The Labute approximate surface area is 216 Å². The Morgan fingerprint density at radius 1 is 0.921 bits per heavy atom. The summed E-state index contributed by atoms with van der Waals surface area (Å²) in [5.41, 5.74) is -1.20. The van der Waals surface area contributed by atoms with Crippen LogP contribution in [0.1, 0.15) is 39.4 Å². The van der Waals surface area contributed by atoms with Crippen LogP contribution in [0.2, 0.25) is 0 Å². The minimum Gasteiger partial charge on any atom is -0.350 e. The molecule has 0 atom stereocenters. The van der Waals surface area contributed by atoms with E-state index in [4.69, 9.17) is 0 Å². The van der Waals surface area contributed by atoms with Gasteiger partial charge >= 0.3 is 12.2 Å². The van der Waals surface area contributed by atoms with Gasteiger partial charge in [-0.3, -0.25) is 14.6 Å². The summed E-state index contributed by atoms with van der Waals surface area (Å²) >= 11 is 0. The van der Waals surface area contributed by atoms with Crippen molar-refractivity contribution >= 4 is 17.8 Å². The van der Waals surface area contributed by atoms with E-state index in [0.29, 0.717) is 37.3 Å². The number of urea groups is 1. The normalized spacial score (nSPS) is 14.1. The van der Waals surface area contributed by atoms with E-state index < -0.39 is 23.3 Å². The third-order valence-corrected chi connectivity index (χ3v) is 5.95. The van der Waals surface area contributed by atoms with Gasteiger partial charge in [-0.25, -0.2) is 9.48 Å². The van der Waals surface area contributed by atoms with E-state index in [-0.39, 0.29) is 31.1 Å². The first kappa shape index (κ1) is 26.6. The van der Waals surface area contributed by atoms with Gasteiger partial charge in [-0.1, -0.05) is 24.3 Å². The van der Waals surface area contributed by atoms with Crippen LogP contribution in [0.5, 0.6) is 0 Å². The molecule has 4 rings (SSSR count). The fourth-order valence-corrected chi connectivity index (χ4v) is 4.00. The van der Waals surface area contributed by atoms with E-state index in [1.807, 2.05) is 0 Å². The van der Waals surface area contributed by atoms with E-state index >= 15 is 0 Å². The summed E-state index contributed by atoms with van der Waals surface area (Å²) in [4.78, 5) is 42.8. The average molecular weight is 530 g/mol.